The molecule has 44 heavy (non-hydrogen) atoms. The number of benzene rings is 2. The highest BCUT2D eigenvalue weighted by molar-refractivity contribution is 6.05. The zero-order valence-electron chi connectivity index (χ0n) is 25.7. The number of nitrogens with two attached hydrogens (primary N) is 1. The molecule has 0 radical (unpaired) electrons. The zero-order chi connectivity index (χ0) is 31.4. The van der Waals surface area contributed by atoms with Gasteiger partial charge in [-0.15, -0.1) is 10.2 Å². The van der Waals surface area contributed by atoms with E-state index in [2.05, 4.69) is 45.7 Å². The quantitative estimate of drug-likeness (QED) is 0.171. The fourth-order valence-electron chi connectivity index (χ4n) is 5.06. The van der Waals surface area contributed by atoms with E-state index < -0.39 is 6.03 Å². The lowest BCUT2D eigenvalue weighted by Crippen LogP contribution is -2.42. The van der Waals surface area contributed by atoms with Crippen LogP contribution in [0.4, 0.5) is 10.5 Å². The maximum Gasteiger partial charge on any atom is 0.320 e. The Balaban J connectivity index is 1.34. The van der Waals surface area contributed by atoms with Crippen LogP contribution in [0.3, 0.4) is 0 Å². The largest absolute Gasteiger partial charge is 0.484 e. The molecule has 2 heterocycles. The van der Waals surface area contributed by atoms with Crippen molar-refractivity contribution in [1.82, 2.24) is 25.2 Å². The number of carbonyl (C=O) groups is 1. The SMILES string of the molecule is CC(C)c1nnc2ccc(O[C@H]3CC[C@H](NC(=O)NC(C=C(N)C(C)(C)C)=Nc4ccc(C#N)cc4)c4ccccc43)cn12. The third kappa shape index (κ3) is 6.89. The molecule has 0 saturated heterocycles. The first-order valence-electron chi connectivity index (χ1n) is 14.8. The number of aromatic nitrogens is 3. The van der Waals surface area contributed by atoms with Crippen molar-refractivity contribution >= 4 is 23.2 Å². The van der Waals surface area contributed by atoms with Gasteiger partial charge >= 0.3 is 6.03 Å². The van der Waals surface area contributed by atoms with Gasteiger partial charge in [0.15, 0.2) is 5.65 Å². The van der Waals surface area contributed by atoms with E-state index in [-0.39, 0.29) is 23.5 Å². The number of nitrogens with zero attached hydrogens (tertiary/aromatic N) is 5. The lowest BCUT2D eigenvalue weighted by molar-refractivity contribution is 0.171. The molecule has 5 rings (SSSR count). The number of aliphatic imine (C=N–C) groups is 1. The maximum atomic E-state index is 13.3. The molecular weight excluding hydrogens is 552 g/mol. The smallest absolute Gasteiger partial charge is 0.320 e. The molecule has 0 fully saturated rings. The van der Waals surface area contributed by atoms with Crippen LogP contribution in [-0.4, -0.2) is 26.5 Å². The molecule has 0 bridgehead atoms. The molecule has 1 aliphatic carbocycles. The number of carbonyl (C=O) groups excluding carboxylic acids is 1. The van der Waals surface area contributed by atoms with Crippen LogP contribution < -0.4 is 21.1 Å². The summed E-state index contributed by atoms with van der Waals surface area (Å²) in [4.78, 5) is 18.0. The van der Waals surface area contributed by atoms with E-state index in [0.29, 0.717) is 35.6 Å². The van der Waals surface area contributed by atoms with Crippen LogP contribution in [0.25, 0.3) is 5.65 Å². The number of rotatable bonds is 6. The van der Waals surface area contributed by atoms with Gasteiger partial charge in [0.1, 0.15) is 23.5 Å². The van der Waals surface area contributed by atoms with Gasteiger partial charge in [-0.25, -0.2) is 9.79 Å². The number of amides is 2. The number of ether oxygens (including phenoxy) is 1. The summed E-state index contributed by atoms with van der Waals surface area (Å²) in [7, 11) is 0. The number of hydrogen-bond donors (Lipinski definition) is 3. The van der Waals surface area contributed by atoms with Crippen LogP contribution >= 0.6 is 0 Å². The molecule has 2 aromatic carbocycles. The first-order valence-corrected chi connectivity index (χ1v) is 14.8. The number of nitriles is 1. The molecule has 2 amide bonds. The summed E-state index contributed by atoms with van der Waals surface area (Å²) < 4.78 is 8.48. The van der Waals surface area contributed by atoms with Crippen LogP contribution in [0.2, 0.25) is 0 Å². The Morgan fingerprint density at radius 3 is 2.50 bits per heavy atom. The van der Waals surface area contributed by atoms with E-state index >= 15 is 0 Å². The molecule has 4 aromatic rings. The predicted octanol–water partition coefficient (Wildman–Crippen LogP) is 6.60. The average Bonchev–Trinajstić information content (AvgIpc) is 3.42. The van der Waals surface area contributed by atoms with Gasteiger partial charge in [-0.2, -0.15) is 5.26 Å². The highest BCUT2D eigenvalue weighted by Gasteiger charge is 2.30. The number of nitrogens with one attached hydrogen (secondary N) is 2. The fraction of sp³-hybridized carbons (Fsp3) is 0.324. The minimum absolute atomic E-state index is 0.174. The van der Waals surface area contributed by atoms with E-state index in [4.69, 9.17) is 15.7 Å². The van der Waals surface area contributed by atoms with E-state index in [0.717, 1.165) is 28.3 Å². The topological polar surface area (TPSA) is 143 Å². The number of allylic oxidation sites excluding steroid dienone is 1. The molecule has 2 atom stereocenters. The van der Waals surface area contributed by atoms with Crippen LogP contribution in [0, 0.1) is 16.7 Å². The fourth-order valence-corrected chi connectivity index (χ4v) is 5.06. The van der Waals surface area contributed by atoms with E-state index in [1.54, 1.807) is 30.3 Å². The molecule has 2 aromatic heterocycles. The molecule has 226 valence electrons. The van der Waals surface area contributed by atoms with Gasteiger partial charge in [0, 0.05) is 23.1 Å². The Bertz CT molecular complexity index is 1760. The summed E-state index contributed by atoms with van der Waals surface area (Å²) in [5.74, 6) is 2.14. The van der Waals surface area contributed by atoms with Crippen LogP contribution in [0.1, 0.15) is 88.0 Å². The van der Waals surface area contributed by atoms with Crippen molar-refractivity contribution in [3.63, 3.8) is 0 Å². The molecule has 0 saturated carbocycles. The van der Waals surface area contributed by atoms with Crippen molar-refractivity contribution in [1.29, 1.82) is 5.26 Å². The molecule has 4 N–H and O–H groups in total. The molecule has 1 aliphatic rings. The number of pyridine rings is 1. The molecule has 0 spiro atoms. The zero-order valence-corrected chi connectivity index (χ0v) is 25.7. The number of fused-ring (bicyclic) bond motifs is 2. The normalized spacial score (nSPS) is 17.2. The molecule has 10 nitrogen and oxygen atoms in total. The van der Waals surface area contributed by atoms with Crippen LogP contribution in [0.15, 0.2) is 83.6 Å². The average molecular weight is 591 g/mol. The standard InChI is InChI=1S/C34H38N8O2/c1-21(2)32-41-40-31-17-14-24(20-42(31)32)44-28-16-15-27(25-8-6-7-9-26(25)28)38-33(43)39-30(18-29(36)34(3,4)5)37-23-12-10-22(19-35)11-13-23/h6-14,17-18,20-21,27-28H,15-16,36H2,1-5H3,(H2,37,38,39,43)/t27-,28-/m0/s1. The lowest BCUT2D eigenvalue weighted by Gasteiger charge is -2.32. The third-order valence-electron chi connectivity index (χ3n) is 7.58. The van der Waals surface area contributed by atoms with Crippen LogP contribution in [0.5, 0.6) is 5.75 Å². The highest BCUT2D eigenvalue weighted by atomic mass is 16.5. The van der Waals surface area contributed by atoms with Crippen LogP contribution in [-0.2, 0) is 0 Å². The van der Waals surface area contributed by atoms with Crippen molar-refractivity contribution in [2.45, 2.75) is 65.5 Å². The summed E-state index contributed by atoms with van der Waals surface area (Å²) in [6.07, 6.45) is 4.84. The number of amidine groups is 1. The molecule has 0 aliphatic heterocycles. The summed E-state index contributed by atoms with van der Waals surface area (Å²) in [6.45, 7) is 10.1. The second-order valence-corrected chi connectivity index (χ2v) is 12.3. The summed E-state index contributed by atoms with van der Waals surface area (Å²) in [6, 6.07) is 20.1. The van der Waals surface area contributed by atoms with Gasteiger partial charge < -0.3 is 15.8 Å². The monoisotopic (exact) mass is 590 g/mol. The minimum Gasteiger partial charge on any atom is -0.484 e. The van der Waals surface area contributed by atoms with Crippen molar-refractivity contribution in [3.05, 3.63) is 101 Å². The summed E-state index contributed by atoms with van der Waals surface area (Å²) in [5.41, 5.74) is 10.5. The van der Waals surface area contributed by atoms with E-state index in [1.165, 1.54) is 0 Å². The first-order chi connectivity index (χ1) is 21.0. The second kappa shape index (κ2) is 12.6. The van der Waals surface area contributed by atoms with Crippen molar-refractivity contribution in [2.75, 3.05) is 0 Å². The Labute approximate surface area is 257 Å². The van der Waals surface area contributed by atoms with E-state index in [9.17, 15) is 4.79 Å². The summed E-state index contributed by atoms with van der Waals surface area (Å²) in [5, 5.41) is 23.7. The molecule has 10 heteroatoms. The Kier molecular flexibility index (Phi) is 8.67. The number of urea groups is 1. The molecule has 0 unspecified atom stereocenters. The summed E-state index contributed by atoms with van der Waals surface area (Å²) >= 11 is 0. The Hall–Kier alpha value is -5.17. The Morgan fingerprint density at radius 2 is 1.82 bits per heavy atom. The van der Waals surface area contributed by atoms with Gasteiger partial charge in [0.25, 0.3) is 0 Å². The first kappa shape index (κ1) is 30.3. The molecular formula is C34H38N8O2. The predicted molar refractivity (Wildman–Crippen MR) is 171 cm³/mol. The van der Waals surface area contributed by atoms with Crippen molar-refractivity contribution in [2.24, 2.45) is 16.1 Å². The Morgan fingerprint density at radius 1 is 1.09 bits per heavy atom. The van der Waals surface area contributed by atoms with Gasteiger partial charge in [-0.05, 0) is 60.4 Å². The number of hydrogen-bond acceptors (Lipinski definition) is 7. The van der Waals surface area contributed by atoms with Gasteiger partial charge in [0.2, 0.25) is 0 Å². The maximum absolute atomic E-state index is 13.3. The minimum atomic E-state index is -0.395. The van der Waals surface area contributed by atoms with Gasteiger partial charge in [-0.3, -0.25) is 9.72 Å². The third-order valence-corrected chi connectivity index (χ3v) is 7.58. The van der Waals surface area contributed by atoms with E-state index in [1.807, 2.05) is 67.8 Å². The van der Waals surface area contributed by atoms with Gasteiger partial charge in [0.05, 0.1) is 29.6 Å². The van der Waals surface area contributed by atoms with Crippen molar-refractivity contribution < 1.29 is 9.53 Å². The highest BCUT2D eigenvalue weighted by Crippen LogP contribution is 2.39. The van der Waals surface area contributed by atoms with Crippen molar-refractivity contribution in [3.8, 4) is 11.8 Å². The lowest BCUT2D eigenvalue weighted by atomic mass is 9.85. The van der Waals surface area contributed by atoms with Gasteiger partial charge in [-0.1, -0.05) is 58.9 Å². The second-order valence-electron chi connectivity index (χ2n) is 12.3.